The number of nitrogens with zero attached hydrogens (tertiary/aromatic N) is 3. The third-order valence-corrected chi connectivity index (χ3v) is 2.77. The zero-order chi connectivity index (χ0) is 13.5. The molecule has 0 aliphatic carbocycles. The molecule has 0 fully saturated rings. The van der Waals surface area contributed by atoms with Gasteiger partial charge in [-0.15, -0.1) is 0 Å². The Bertz CT molecular complexity index is 475. The van der Waals surface area contributed by atoms with E-state index in [1.165, 1.54) is 18.2 Å². The zero-order valence-corrected chi connectivity index (χ0v) is 10.2. The molecule has 0 radical (unpaired) electrons. The number of carbonyl (C=O) groups is 1. The molecular formula is C11H12ClN3O3. The summed E-state index contributed by atoms with van der Waals surface area (Å²) in [6.07, 6.45) is -1.62. The minimum atomic E-state index is -1.23. The number of aliphatic hydroxyl groups is 2. The quantitative estimate of drug-likeness (QED) is 0.358. The van der Waals surface area contributed by atoms with Crippen molar-refractivity contribution in [3.8, 4) is 0 Å². The van der Waals surface area contributed by atoms with Crippen LogP contribution in [0.4, 0.5) is 0 Å². The first-order valence-corrected chi connectivity index (χ1v) is 5.59. The third kappa shape index (κ3) is 3.72. The van der Waals surface area contributed by atoms with E-state index < -0.39 is 12.2 Å². The Morgan fingerprint density at radius 3 is 2.83 bits per heavy atom. The molecule has 0 amide bonds. The lowest BCUT2D eigenvalue weighted by Crippen LogP contribution is -2.19. The van der Waals surface area contributed by atoms with E-state index in [2.05, 4.69) is 10.0 Å². The van der Waals surface area contributed by atoms with Gasteiger partial charge in [0.25, 0.3) is 0 Å². The topological polar surface area (TPSA) is 106 Å². The standard InChI is InChI=1S/C11H12ClN3O3/c12-9-2-1-7(6-16)5-8(9)11(18)10(17)3-4-14-15-13/h1-2,5-6,10-11,17-18H,3-4H2. The maximum atomic E-state index is 10.6. The molecule has 0 heterocycles. The molecule has 2 unspecified atom stereocenters. The van der Waals surface area contributed by atoms with Gasteiger partial charge in [-0.25, -0.2) is 0 Å². The molecule has 96 valence electrons. The van der Waals surface area contributed by atoms with E-state index in [0.29, 0.717) is 11.8 Å². The lowest BCUT2D eigenvalue weighted by atomic mass is 10.0. The van der Waals surface area contributed by atoms with Crippen molar-refractivity contribution in [2.45, 2.75) is 18.6 Å². The maximum absolute atomic E-state index is 10.6. The van der Waals surface area contributed by atoms with Crippen molar-refractivity contribution >= 4 is 17.9 Å². The number of aliphatic hydroxyl groups excluding tert-OH is 2. The monoisotopic (exact) mass is 269 g/mol. The largest absolute Gasteiger partial charge is 0.390 e. The van der Waals surface area contributed by atoms with E-state index in [1.54, 1.807) is 0 Å². The van der Waals surface area contributed by atoms with Crippen LogP contribution < -0.4 is 0 Å². The summed E-state index contributed by atoms with van der Waals surface area (Å²) in [6, 6.07) is 4.40. The summed E-state index contributed by atoms with van der Waals surface area (Å²) in [7, 11) is 0. The van der Waals surface area contributed by atoms with Gasteiger partial charge in [-0.1, -0.05) is 22.8 Å². The molecule has 0 saturated carbocycles. The number of hydrogen-bond acceptors (Lipinski definition) is 4. The molecule has 1 aromatic carbocycles. The Hall–Kier alpha value is -1.59. The molecule has 0 aliphatic heterocycles. The fraction of sp³-hybridized carbons (Fsp3) is 0.364. The fourth-order valence-electron chi connectivity index (χ4n) is 1.46. The summed E-state index contributed by atoms with van der Waals surface area (Å²) >= 11 is 5.88. The number of benzene rings is 1. The second kappa shape index (κ2) is 6.98. The van der Waals surface area contributed by atoms with Crippen LogP contribution in [0, 0.1) is 0 Å². The fourth-order valence-corrected chi connectivity index (χ4v) is 1.69. The summed E-state index contributed by atoms with van der Waals surface area (Å²) < 4.78 is 0. The number of hydrogen-bond donors (Lipinski definition) is 2. The summed E-state index contributed by atoms with van der Waals surface area (Å²) in [6.45, 7) is 0.0692. The second-order valence-electron chi connectivity index (χ2n) is 3.65. The van der Waals surface area contributed by atoms with Gasteiger partial charge in [0, 0.05) is 27.6 Å². The van der Waals surface area contributed by atoms with E-state index >= 15 is 0 Å². The summed E-state index contributed by atoms with van der Waals surface area (Å²) in [4.78, 5) is 13.2. The van der Waals surface area contributed by atoms with Crippen LogP contribution in [0.3, 0.4) is 0 Å². The van der Waals surface area contributed by atoms with Crippen molar-refractivity contribution < 1.29 is 15.0 Å². The highest BCUT2D eigenvalue weighted by atomic mass is 35.5. The molecule has 1 aromatic rings. The molecule has 0 saturated heterocycles. The molecule has 1 rings (SSSR count). The van der Waals surface area contributed by atoms with Crippen molar-refractivity contribution in [3.05, 3.63) is 44.8 Å². The van der Waals surface area contributed by atoms with Gasteiger partial charge >= 0.3 is 0 Å². The summed E-state index contributed by atoms with van der Waals surface area (Å²) in [5.41, 5.74) is 8.73. The number of carbonyl (C=O) groups excluding carboxylic acids is 1. The summed E-state index contributed by atoms with van der Waals surface area (Å²) in [5.74, 6) is 0. The van der Waals surface area contributed by atoms with Crippen LogP contribution in [0.2, 0.25) is 5.02 Å². The first-order valence-electron chi connectivity index (χ1n) is 5.21. The predicted molar refractivity (Wildman–Crippen MR) is 66.4 cm³/mol. The normalized spacial score (nSPS) is 13.5. The Morgan fingerprint density at radius 2 is 2.22 bits per heavy atom. The van der Waals surface area contributed by atoms with Crippen LogP contribution in [-0.2, 0) is 0 Å². The molecule has 0 aromatic heterocycles. The highest BCUT2D eigenvalue weighted by molar-refractivity contribution is 6.31. The molecule has 2 atom stereocenters. The molecule has 2 N–H and O–H groups in total. The lowest BCUT2D eigenvalue weighted by Gasteiger charge is -2.18. The smallest absolute Gasteiger partial charge is 0.150 e. The Kier molecular flexibility index (Phi) is 5.61. The molecule has 0 aliphatic rings. The van der Waals surface area contributed by atoms with Gasteiger partial charge in [0.05, 0.1) is 6.10 Å². The Balaban J connectivity index is 2.84. The van der Waals surface area contributed by atoms with Crippen molar-refractivity contribution in [2.75, 3.05) is 6.54 Å². The van der Waals surface area contributed by atoms with Gasteiger partial charge in [0.2, 0.25) is 0 Å². The maximum Gasteiger partial charge on any atom is 0.150 e. The lowest BCUT2D eigenvalue weighted by molar-refractivity contribution is 0.0151. The zero-order valence-electron chi connectivity index (χ0n) is 9.40. The Labute approximate surface area is 108 Å². The van der Waals surface area contributed by atoms with Crippen LogP contribution >= 0.6 is 11.6 Å². The molecular weight excluding hydrogens is 258 g/mol. The van der Waals surface area contributed by atoms with Crippen LogP contribution in [0.5, 0.6) is 0 Å². The van der Waals surface area contributed by atoms with Crippen LogP contribution in [-0.4, -0.2) is 29.1 Å². The Morgan fingerprint density at radius 1 is 1.50 bits per heavy atom. The number of aldehydes is 1. The van der Waals surface area contributed by atoms with Crippen molar-refractivity contribution in [1.29, 1.82) is 0 Å². The van der Waals surface area contributed by atoms with Crippen LogP contribution in [0.15, 0.2) is 23.3 Å². The van der Waals surface area contributed by atoms with Crippen molar-refractivity contribution in [2.24, 2.45) is 5.11 Å². The van der Waals surface area contributed by atoms with E-state index in [1.807, 2.05) is 0 Å². The molecule has 0 spiro atoms. The highest BCUT2D eigenvalue weighted by Crippen LogP contribution is 2.27. The number of azide groups is 1. The van der Waals surface area contributed by atoms with E-state index in [0.717, 1.165) is 0 Å². The first-order chi connectivity index (χ1) is 8.60. The van der Waals surface area contributed by atoms with Crippen molar-refractivity contribution in [1.82, 2.24) is 0 Å². The molecule has 6 nitrogen and oxygen atoms in total. The van der Waals surface area contributed by atoms with E-state index in [9.17, 15) is 15.0 Å². The minimum absolute atomic E-state index is 0.0692. The summed E-state index contributed by atoms with van der Waals surface area (Å²) in [5, 5.41) is 23.1. The molecule has 7 heteroatoms. The third-order valence-electron chi connectivity index (χ3n) is 2.43. The molecule has 18 heavy (non-hydrogen) atoms. The van der Waals surface area contributed by atoms with Gasteiger partial charge in [-0.3, -0.25) is 4.79 Å². The van der Waals surface area contributed by atoms with Gasteiger partial charge in [-0.2, -0.15) is 0 Å². The van der Waals surface area contributed by atoms with Gasteiger partial charge in [0.15, 0.2) is 0 Å². The second-order valence-corrected chi connectivity index (χ2v) is 4.06. The van der Waals surface area contributed by atoms with Crippen molar-refractivity contribution in [3.63, 3.8) is 0 Å². The first kappa shape index (κ1) is 14.5. The van der Waals surface area contributed by atoms with Gasteiger partial charge < -0.3 is 10.2 Å². The number of rotatable bonds is 6. The van der Waals surface area contributed by atoms with Gasteiger partial charge in [0.1, 0.15) is 12.4 Å². The van der Waals surface area contributed by atoms with E-state index in [4.69, 9.17) is 17.1 Å². The average molecular weight is 270 g/mol. The highest BCUT2D eigenvalue weighted by Gasteiger charge is 2.20. The minimum Gasteiger partial charge on any atom is -0.390 e. The average Bonchev–Trinajstić information content (AvgIpc) is 2.38. The molecule has 0 bridgehead atoms. The van der Waals surface area contributed by atoms with Crippen LogP contribution in [0.1, 0.15) is 28.4 Å². The predicted octanol–water partition coefficient (Wildman–Crippen LogP) is 2.25. The van der Waals surface area contributed by atoms with Crippen LogP contribution in [0.25, 0.3) is 10.4 Å². The van der Waals surface area contributed by atoms with Gasteiger partial charge in [-0.05, 0) is 24.1 Å². The van der Waals surface area contributed by atoms with E-state index in [-0.39, 0.29) is 23.6 Å². The SMILES string of the molecule is [N-]=[N+]=NCCC(O)C(O)c1cc(C=O)ccc1Cl. The number of halogens is 1.